The number of carbonyl (C=O) groups excluding carboxylic acids is 3. The summed E-state index contributed by atoms with van der Waals surface area (Å²) in [5, 5.41) is 0. The molecule has 1 unspecified atom stereocenters. The quantitative estimate of drug-likeness (QED) is 0.223. The molecule has 0 aliphatic carbocycles. The molecule has 0 spiro atoms. The Hall–Kier alpha value is -2.31. The molecule has 1 atom stereocenters. The lowest BCUT2D eigenvalue weighted by Gasteiger charge is -2.16. The van der Waals surface area contributed by atoms with Gasteiger partial charge >= 0.3 is 18.0 Å². The van der Waals surface area contributed by atoms with E-state index in [2.05, 4.69) is 13.2 Å². The van der Waals surface area contributed by atoms with E-state index in [1.54, 1.807) is 6.92 Å². The van der Waals surface area contributed by atoms with E-state index in [0.29, 0.717) is 31.5 Å². The molecule has 0 aromatic heterocycles. The van der Waals surface area contributed by atoms with E-state index in [9.17, 15) is 14.4 Å². The number of nitrogens with zero attached hydrogens (tertiary/aromatic N) is 1. The van der Waals surface area contributed by atoms with Gasteiger partial charge < -0.3 is 19.1 Å². The molecule has 1 amide bonds. The van der Waals surface area contributed by atoms with Crippen LogP contribution in [0.25, 0.3) is 0 Å². The van der Waals surface area contributed by atoms with Gasteiger partial charge in [0.05, 0.1) is 13.2 Å². The first-order chi connectivity index (χ1) is 10.9. The largest absolute Gasteiger partial charge is 0.462 e. The Balaban J connectivity index is 2.18. The minimum atomic E-state index is -0.470. The van der Waals surface area contributed by atoms with Gasteiger partial charge in [-0.1, -0.05) is 19.2 Å². The lowest BCUT2D eigenvalue weighted by molar-refractivity contribution is -0.150. The number of ether oxygens (including phenoxy) is 3. The van der Waals surface area contributed by atoms with Crippen molar-refractivity contribution in [2.75, 3.05) is 26.3 Å². The second-order valence-corrected chi connectivity index (χ2v) is 5.23. The number of amides is 1. The fourth-order valence-electron chi connectivity index (χ4n) is 1.96. The normalized spacial score (nSPS) is 16.6. The Morgan fingerprint density at radius 2 is 2.04 bits per heavy atom. The van der Waals surface area contributed by atoms with Gasteiger partial charge in [-0.15, -0.1) is 0 Å². The van der Waals surface area contributed by atoms with Crippen molar-refractivity contribution in [3.05, 3.63) is 24.8 Å². The molecule has 1 aliphatic rings. The zero-order valence-electron chi connectivity index (χ0n) is 13.4. The molecule has 0 saturated carbocycles. The van der Waals surface area contributed by atoms with Crippen molar-refractivity contribution in [2.45, 2.75) is 32.3 Å². The summed E-state index contributed by atoms with van der Waals surface area (Å²) in [4.78, 5) is 36.0. The Morgan fingerprint density at radius 3 is 2.70 bits per heavy atom. The van der Waals surface area contributed by atoms with Crippen molar-refractivity contribution >= 4 is 18.0 Å². The van der Waals surface area contributed by atoms with Gasteiger partial charge in [0.2, 0.25) is 0 Å². The summed E-state index contributed by atoms with van der Waals surface area (Å²) in [6.07, 6.45) is 1.86. The first kappa shape index (κ1) is 18.7. The van der Waals surface area contributed by atoms with E-state index in [1.165, 1.54) is 11.0 Å². The summed E-state index contributed by atoms with van der Waals surface area (Å²) in [7, 11) is 0. The predicted octanol–water partition coefficient (Wildman–Crippen LogP) is 1.83. The van der Waals surface area contributed by atoms with Gasteiger partial charge in [-0.3, -0.25) is 4.79 Å². The van der Waals surface area contributed by atoms with Crippen LogP contribution in [0, 0.1) is 0 Å². The van der Waals surface area contributed by atoms with Gasteiger partial charge in [-0.2, -0.15) is 0 Å². The minimum absolute atomic E-state index is 0.144. The molecule has 0 radical (unpaired) electrons. The predicted molar refractivity (Wildman–Crippen MR) is 82.6 cm³/mol. The minimum Gasteiger partial charge on any atom is -0.462 e. The van der Waals surface area contributed by atoms with Crippen LogP contribution < -0.4 is 0 Å². The lowest BCUT2D eigenvalue weighted by atomic mass is 10.3. The molecule has 23 heavy (non-hydrogen) atoms. The summed E-state index contributed by atoms with van der Waals surface area (Å²) in [6, 6.07) is 0. The van der Waals surface area contributed by atoms with Crippen LogP contribution in [-0.2, 0) is 23.8 Å². The smallest absolute Gasteiger partial charge is 0.410 e. The molecule has 7 nitrogen and oxygen atoms in total. The van der Waals surface area contributed by atoms with Gasteiger partial charge in [-0.25, -0.2) is 9.59 Å². The highest BCUT2D eigenvalue weighted by atomic mass is 16.6. The first-order valence-corrected chi connectivity index (χ1v) is 7.48. The van der Waals surface area contributed by atoms with E-state index in [4.69, 9.17) is 14.2 Å². The molecule has 0 bridgehead atoms. The highest BCUT2D eigenvalue weighted by molar-refractivity contribution is 5.86. The average Bonchev–Trinajstić information content (AvgIpc) is 2.97. The Kier molecular flexibility index (Phi) is 7.87. The second kappa shape index (κ2) is 9.66. The summed E-state index contributed by atoms with van der Waals surface area (Å²) < 4.78 is 15.1. The highest BCUT2D eigenvalue weighted by Gasteiger charge is 2.29. The maximum absolute atomic E-state index is 11.7. The third-order valence-corrected chi connectivity index (χ3v) is 3.13. The number of likely N-dealkylation sites (tertiary alicyclic amines) is 1. The molecule has 1 aliphatic heterocycles. The second-order valence-electron chi connectivity index (χ2n) is 5.23. The van der Waals surface area contributed by atoms with Crippen molar-refractivity contribution in [1.29, 1.82) is 0 Å². The molecular weight excluding hydrogens is 302 g/mol. The number of hydrogen-bond acceptors (Lipinski definition) is 6. The third-order valence-electron chi connectivity index (χ3n) is 3.13. The van der Waals surface area contributed by atoms with Crippen molar-refractivity contribution in [3.63, 3.8) is 0 Å². The van der Waals surface area contributed by atoms with Gasteiger partial charge in [0.15, 0.2) is 0 Å². The Labute approximate surface area is 135 Å². The number of carbonyl (C=O) groups is 3. The molecule has 0 aromatic rings. The van der Waals surface area contributed by atoms with Crippen LogP contribution in [-0.4, -0.2) is 55.3 Å². The van der Waals surface area contributed by atoms with Gasteiger partial charge in [-0.05, 0) is 13.3 Å². The number of hydrogen-bond donors (Lipinski definition) is 0. The number of rotatable bonds is 8. The van der Waals surface area contributed by atoms with Gasteiger partial charge in [0.25, 0.3) is 0 Å². The fourth-order valence-corrected chi connectivity index (χ4v) is 1.96. The molecule has 0 aromatic carbocycles. The summed E-state index contributed by atoms with van der Waals surface area (Å²) in [6.45, 7) is 9.61. The molecule has 1 rings (SSSR count). The van der Waals surface area contributed by atoms with E-state index in [0.717, 1.165) is 0 Å². The fraction of sp³-hybridized carbons (Fsp3) is 0.562. The van der Waals surface area contributed by atoms with Gasteiger partial charge in [0, 0.05) is 25.0 Å². The van der Waals surface area contributed by atoms with Crippen molar-refractivity contribution in [1.82, 2.24) is 4.90 Å². The van der Waals surface area contributed by atoms with Gasteiger partial charge in [0.1, 0.15) is 12.7 Å². The van der Waals surface area contributed by atoms with E-state index >= 15 is 0 Å². The number of esters is 2. The molecule has 128 valence electrons. The van der Waals surface area contributed by atoms with Crippen LogP contribution in [0.1, 0.15) is 26.2 Å². The molecular formula is C16H23NO6. The summed E-state index contributed by atoms with van der Waals surface area (Å²) in [5.41, 5.74) is 0.321. The maximum Gasteiger partial charge on any atom is 0.410 e. The Bertz CT molecular complexity index is 473. The van der Waals surface area contributed by atoms with Crippen molar-refractivity contribution in [3.8, 4) is 0 Å². The van der Waals surface area contributed by atoms with Crippen LogP contribution in [0.2, 0.25) is 0 Å². The molecule has 0 N–H and O–H groups in total. The molecule has 1 fully saturated rings. The van der Waals surface area contributed by atoms with Crippen LogP contribution in [0.15, 0.2) is 24.8 Å². The van der Waals surface area contributed by atoms with E-state index < -0.39 is 12.1 Å². The first-order valence-electron chi connectivity index (χ1n) is 7.48. The molecule has 1 saturated heterocycles. The monoisotopic (exact) mass is 325 g/mol. The van der Waals surface area contributed by atoms with Crippen LogP contribution in [0.4, 0.5) is 4.79 Å². The van der Waals surface area contributed by atoms with Crippen molar-refractivity contribution in [2.24, 2.45) is 0 Å². The van der Waals surface area contributed by atoms with Crippen molar-refractivity contribution < 1.29 is 28.6 Å². The highest BCUT2D eigenvalue weighted by Crippen LogP contribution is 2.15. The summed E-state index contributed by atoms with van der Waals surface area (Å²) >= 11 is 0. The average molecular weight is 325 g/mol. The van der Waals surface area contributed by atoms with Crippen LogP contribution in [0.3, 0.4) is 0 Å². The standard InChI is InChI=1S/C16H23NO6/c1-4-9-22-16(20)17-8-7-13(11-17)23-14(18)6-5-10-21-15(19)12(2)3/h4,13H,1-2,5-11H2,3H3. The summed E-state index contributed by atoms with van der Waals surface area (Å²) in [5.74, 6) is -0.842. The molecule has 7 heteroatoms. The third kappa shape index (κ3) is 6.99. The Morgan fingerprint density at radius 1 is 1.30 bits per heavy atom. The lowest BCUT2D eigenvalue weighted by Crippen LogP contribution is -2.31. The topological polar surface area (TPSA) is 82.1 Å². The SMILES string of the molecule is C=CCOC(=O)N1CCC(OC(=O)CCCOC(=O)C(=C)C)C1. The molecule has 1 heterocycles. The zero-order valence-corrected chi connectivity index (χ0v) is 13.4. The van der Waals surface area contributed by atoms with E-state index in [-0.39, 0.29) is 31.7 Å². The van der Waals surface area contributed by atoms with Crippen LogP contribution >= 0.6 is 0 Å². The maximum atomic E-state index is 11.7. The van der Waals surface area contributed by atoms with Crippen LogP contribution in [0.5, 0.6) is 0 Å². The van der Waals surface area contributed by atoms with E-state index in [1.807, 2.05) is 0 Å². The zero-order chi connectivity index (χ0) is 17.2.